The van der Waals surface area contributed by atoms with Gasteiger partial charge in [0.15, 0.2) is 6.04 Å². The Bertz CT molecular complexity index is 1250. The number of aromatic nitrogens is 1. The van der Waals surface area contributed by atoms with Crippen molar-refractivity contribution >= 4 is 23.0 Å². The molecule has 2 aromatic carbocycles. The van der Waals surface area contributed by atoms with Crippen molar-refractivity contribution < 1.29 is 18.0 Å². The number of hydrogen-bond acceptors (Lipinski definition) is 4. The van der Waals surface area contributed by atoms with Crippen molar-refractivity contribution in [3.05, 3.63) is 94.8 Å². The fourth-order valence-corrected chi connectivity index (χ4v) is 4.00. The molecule has 1 N–H and O–H groups in total. The minimum absolute atomic E-state index is 0.0263. The number of fused-ring (bicyclic) bond motifs is 2. The Hall–Kier alpha value is -3.81. The summed E-state index contributed by atoms with van der Waals surface area (Å²) in [6.45, 7) is 0.506. The predicted molar refractivity (Wildman–Crippen MR) is 114 cm³/mol. The van der Waals surface area contributed by atoms with E-state index < -0.39 is 18.1 Å². The highest BCUT2D eigenvalue weighted by atomic mass is 19.4. The Balaban J connectivity index is 1.40. The monoisotopic (exact) mass is 434 g/mol. The summed E-state index contributed by atoms with van der Waals surface area (Å²) in [5.74, 6) is -0.824. The molecule has 32 heavy (non-hydrogen) atoms. The summed E-state index contributed by atoms with van der Waals surface area (Å²) in [7, 11) is 0. The van der Waals surface area contributed by atoms with Crippen molar-refractivity contribution in [2.24, 2.45) is 9.98 Å². The van der Waals surface area contributed by atoms with Gasteiger partial charge in [-0.25, -0.2) is 4.99 Å². The molecule has 0 radical (unpaired) electrons. The normalized spacial score (nSPS) is 15.5. The van der Waals surface area contributed by atoms with Gasteiger partial charge in [0.1, 0.15) is 5.71 Å². The van der Waals surface area contributed by atoms with E-state index in [1.807, 2.05) is 24.3 Å². The molecule has 2 aliphatic heterocycles. The van der Waals surface area contributed by atoms with Crippen molar-refractivity contribution in [1.29, 1.82) is 0 Å². The van der Waals surface area contributed by atoms with E-state index >= 15 is 0 Å². The SMILES string of the molecule is O=C(NC(c1ccccc1)C(F)(F)F)C1=Nc2cc3c(cc2C1)CN=C3c1ccncc1. The summed E-state index contributed by atoms with van der Waals surface area (Å²) in [6.07, 6.45) is -1.07. The minimum atomic E-state index is -4.62. The molecule has 8 heteroatoms. The van der Waals surface area contributed by atoms with Gasteiger partial charge in [-0.05, 0) is 34.9 Å². The second-order valence-electron chi connectivity index (χ2n) is 7.63. The number of carbonyl (C=O) groups excluding carboxylic acids is 1. The first-order valence-electron chi connectivity index (χ1n) is 10.0. The summed E-state index contributed by atoms with van der Waals surface area (Å²) < 4.78 is 40.8. The summed E-state index contributed by atoms with van der Waals surface area (Å²) in [6, 6.07) is 12.7. The van der Waals surface area contributed by atoms with Gasteiger partial charge in [0.25, 0.3) is 5.91 Å². The number of nitrogens with one attached hydrogen (secondary N) is 1. The first kappa shape index (κ1) is 20.1. The van der Waals surface area contributed by atoms with Crippen LogP contribution in [-0.2, 0) is 17.8 Å². The molecular weight excluding hydrogens is 417 g/mol. The molecule has 5 rings (SSSR count). The van der Waals surface area contributed by atoms with Crippen LogP contribution in [0.2, 0.25) is 0 Å². The van der Waals surface area contributed by atoms with Crippen LogP contribution in [0.3, 0.4) is 0 Å². The number of hydrogen-bond donors (Lipinski definition) is 1. The molecule has 3 aromatic rings. The van der Waals surface area contributed by atoms with Crippen molar-refractivity contribution in [3.63, 3.8) is 0 Å². The number of amides is 1. The van der Waals surface area contributed by atoms with Crippen LogP contribution in [0.1, 0.15) is 33.9 Å². The Labute approximate surface area is 181 Å². The van der Waals surface area contributed by atoms with Gasteiger partial charge in [-0.3, -0.25) is 14.8 Å². The van der Waals surface area contributed by atoms with E-state index in [2.05, 4.69) is 20.3 Å². The smallest absolute Gasteiger partial charge is 0.336 e. The van der Waals surface area contributed by atoms with Crippen LogP contribution in [0.4, 0.5) is 18.9 Å². The van der Waals surface area contributed by atoms with E-state index in [4.69, 9.17) is 0 Å². The number of rotatable bonds is 4. The zero-order chi connectivity index (χ0) is 22.3. The van der Waals surface area contributed by atoms with E-state index in [-0.39, 0.29) is 17.7 Å². The average molecular weight is 434 g/mol. The van der Waals surface area contributed by atoms with Crippen molar-refractivity contribution in [3.8, 4) is 0 Å². The molecule has 1 atom stereocenters. The van der Waals surface area contributed by atoms with E-state index in [1.54, 1.807) is 18.5 Å². The molecule has 0 spiro atoms. The summed E-state index contributed by atoms with van der Waals surface area (Å²) in [4.78, 5) is 25.7. The molecular formula is C24H17F3N4O. The predicted octanol–water partition coefficient (Wildman–Crippen LogP) is 4.48. The molecule has 2 aliphatic rings. The molecule has 0 saturated carbocycles. The number of carbonyl (C=O) groups is 1. The van der Waals surface area contributed by atoms with Crippen molar-refractivity contribution in [1.82, 2.24) is 10.3 Å². The Morgan fingerprint density at radius 2 is 1.75 bits per heavy atom. The summed E-state index contributed by atoms with van der Waals surface area (Å²) in [5.41, 5.74) is 5.10. The van der Waals surface area contributed by atoms with Gasteiger partial charge in [0.05, 0.1) is 17.9 Å². The first-order chi connectivity index (χ1) is 15.4. The standard InChI is InChI=1S/C24H17F3N4O/c25-24(26,27)22(15-4-2-1-3-5-15)31-23(32)20-11-16-10-17-13-29-21(14-6-8-28-9-7-14)18(17)12-19(16)30-20/h1-10,12,22H,11,13H2,(H,31,32). The van der Waals surface area contributed by atoms with E-state index in [9.17, 15) is 18.0 Å². The highest BCUT2D eigenvalue weighted by Crippen LogP contribution is 2.36. The molecule has 0 aliphatic carbocycles. The van der Waals surface area contributed by atoms with Crippen LogP contribution in [0, 0.1) is 0 Å². The van der Waals surface area contributed by atoms with Crippen LogP contribution in [0.25, 0.3) is 0 Å². The first-order valence-corrected chi connectivity index (χ1v) is 10.0. The average Bonchev–Trinajstić information content (AvgIpc) is 3.39. The lowest BCUT2D eigenvalue weighted by Gasteiger charge is -2.22. The Morgan fingerprint density at radius 3 is 2.47 bits per heavy atom. The van der Waals surface area contributed by atoms with E-state index in [1.165, 1.54) is 24.3 Å². The fraction of sp³-hybridized carbons (Fsp3) is 0.167. The maximum atomic E-state index is 13.6. The highest BCUT2D eigenvalue weighted by Gasteiger charge is 2.42. The van der Waals surface area contributed by atoms with Crippen LogP contribution < -0.4 is 5.32 Å². The molecule has 0 bridgehead atoms. The number of benzene rings is 2. The van der Waals surface area contributed by atoms with E-state index in [0.717, 1.165) is 28.0 Å². The lowest BCUT2D eigenvalue weighted by molar-refractivity contribution is -0.161. The number of nitrogens with zero attached hydrogens (tertiary/aromatic N) is 3. The van der Waals surface area contributed by atoms with Crippen LogP contribution in [0.15, 0.2) is 77.0 Å². The maximum absolute atomic E-state index is 13.6. The topological polar surface area (TPSA) is 66.7 Å². The van der Waals surface area contributed by atoms with Crippen molar-refractivity contribution in [2.45, 2.75) is 25.2 Å². The van der Waals surface area contributed by atoms with E-state index in [0.29, 0.717) is 12.2 Å². The Kier molecular flexibility index (Phi) is 4.84. The van der Waals surface area contributed by atoms with Gasteiger partial charge < -0.3 is 5.32 Å². The quantitative estimate of drug-likeness (QED) is 0.658. The van der Waals surface area contributed by atoms with Gasteiger partial charge >= 0.3 is 6.18 Å². The van der Waals surface area contributed by atoms with Crippen LogP contribution in [-0.4, -0.2) is 28.5 Å². The highest BCUT2D eigenvalue weighted by molar-refractivity contribution is 6.41. The zero-order valence-electron chi connectivity index (χ0n) is 16.7. The Morgan fingerprint density at radius 1 is 1.00 bits per heavy atom. The molecule has 1 aromatic heterocycles. The molecule has 5 nitrogen and oxygen atoms in total. The van der Waals surface area contributed by atoms with Crippen LogP contribution in [0.5, 0.6) is 0 Å². The fourth-order valence-electron chi connectivity index (χ4n) is 4.00. The molecule has 1 unspecified atom stereocenters. The second kappa shape index (κ2) is 7.71. The minimum Gasteiger partial charge on any atom is -0.336 e. The van der Waals surface area contributed by atoms with Crippen LogP contribution >= 0.6 is 0 Å². The lowest BCUT2D eigenvalue weighted by Crippen LogP contribution is -2.41. The van der Waals surface area contributed by atoms with Gasteiger partial charge in [-0.1, -0.05) is 36.4 Å². The molecule has 0 saturated heterocycles. The van der Waals surface area contributed by atoms with Gasteiger partial charge in [0.2, 0.25) is 0 Å². The number of alkyl halides is 3. The zero-order valence-corrected chi connectivity index (χ0v) is 16.7. The van der Waals surface area contributed by atoms with Gasteiger partial charge in [0, 0.05) is 29.9 Å². The molecule has 1 amide bonds. The third-order valence-corrected chi connectivity index (χ3v) is 5.53. The molecule has 160 valence electrons. The van der Waals surface area contributed by atoms with Gasteiger partial charge in [-0.15, -0.1) is 0 Å². The summed E-state index contributed by atoms with van der Waals surface area (Å²) >= 11 is 0. The lowest BCUT2D eigenvalue weighted by atomic mass is 9.97. The molecule has 0 fully saturated rings. The summed E-state index contributed by atoms with van der Waals surface area (Å²) in [5, 5.41) is 2.12. The van der Waals surface area contributed by atoms with Crippen molar-refractivity contribution in [2.75, 3.05) is 0 Å². The second-order valence-corrected chi connectivity index (χ2v) is 7.63. The number of aliphatic imine (C=N–C) groups is 2. The largest absolute Gasteiger partial charge is 0.412 e. The molecule has 3 heterocycles. The maximum Gasteiger partial charge on any atom is 0.412 e. The number of halogens is 3. The number of pyridine rings is 1. The van der Waals surface area contributed by atoms with Gasteiger partial charge in [-0.2, -0.15) is 13.2 Å². The third-order valence-electron chi connectivity index (χ3n) is 5.53. The third kappa shape index (κ3) is 3.68.